The van der Waals surface area contributed by atoms with Crippen LogP contribution in [0.15, 0.2) is 58.1 Å². The van der Waals surface area contributed by atoms with Crippen molar-refractivity contribution < 1.29 is 22.4 Å². The summed E-state index contributed by atoms with van der Waals surface area (Å²) in [6.07, 6.45) is 5.27. The number of hydrogen-bond donors (Lipinski definition) is 1. The van der Waals surface area contributed by atoms with Gasteiger partial charge in [0.15, 0.2) is 21.2 Å². The zero-order chi connectivity index (χ0) is 23.6. The van der Waals surface area contributed by atoms with Gasteiger partial charge in [-0.3, -0.25) is 9.78 Å². The molecule has 7 nitrogen and oxygen atoms in total. The fourth-order valence-corrected chi connectivity index (χ4v) is 6.58. The molecule has 0 aliphatic heterocycles. The minimum Gasteiger partial charge on any atom is -0.449 e. The van der Waals surface area contributed by atoms with Gasteiger partial charge in [-0.1, -0.05) is 26.0 Å². The van der Waals surface area contributed by atoms with Gasteiger partial charge >= 0.3 is 0 Å². The zero-order valence-corrected chi connectivity index (χ0v) is 20.0. The second kappa shape index (κ2) is 9.65. The highest BCUT2D eigenvalue weighted by atomic mass is 32.2. The van der Waals surface area contributed by atoms with Crippen LogP contribution in [-0.2, 0) is 21.1 Å². The number of ether oxygens (including phenoxy) is 1. The Morgan fingerprint density at radius 3 is 2.64 bits per heavy atom. The molecule has 1 aliphatic carbocycles. The van der Waals surface area contributed by atoms with E-state index in [1.54, 1.807) is 55.9 Å². The normalized spacial score (nSPS) is 21.4. The number of amides is 1. The number of hydrogen-bond acceptors (Lipinski definition) is 6. The second-order valence-corrected chi connectivity index (χ2v) is 11.2. The topological polar surface area (TPSA) is 98.5 Å². The molecule has 2 aromatic heterocycles. The summed E-state index contributed by atoms with van der Waals surface area (Å²) in [4.78, 5) is 16.7. The van der Waals surface area contributed by atoms with Crippen molar-refractivity contribution in [2.75, 3.05) is 7.11 Å². The van der Waals surface area contributed by atoms with Crippen LogP contribution in [0.3, 0.4) is 0 Å². The molecule has 0 saturated heterocycles. The van der Waals surface area contributed by atoms with Crippen LogP contribution < -0.4 is 5.32 Å². The molecule has 1 N–H and O–H groups in total. The molecule has 4 rings (SSSR count). The van der Waals surface area contributed by atoms with Gasteiger partial charge in [-0.15, -0.1) is 0 Å². The fraction of sp³-hybridized carbons (Fsp3) is 0.440. The molecule has 1 aromatic carbocycles. The van der Waals surface area contributed by atoms with E-state index >= 15 is 0 Å². The van der Waals surface area contributed by atoms with E-state index in [2.05, 4.69) is 24.1 Å². The largest absolute Gasteiger partial charge is 0.449 e. The third-order valence-electron chi connectivity index (χ3n) is 6.67. The summed E-state index contributed by atoms with van der Waals surface area (Å²) in [5, 5.41) is 3.07. The molecule has 176 valence electrons. The Morgan fingerprint density at radius 1 is 1.21 bits per heavy atom. The fourth-order valence-electron chi connectivity index (χ4n) is 4.57. The Bertz CT molecular complexity index is 1180. The Hall–Kier alpha value is -2.71. The summed E-state index contributed by atoms with van der Waals surface area (Å²) < 4.78 is 37.9. The smallest absolute Gasteiger partial charge is 0.287 e. The molecule has 1 fully saturated rings. The lowest BCUT2D eigenvalue weighted by Crippen LogP contribution is -2.42. The third kappa shape index (κ3) is 4.96. The number of nitrogens with one attached hydrogen (secondary N) is 1. The molecule has 3 aromatic rings. The number of fused-ring (bicyclic) bond motifs is 1. The zero-order valence-electron chi connectivity index (χ0n) is 19.2. The van der Waals surface area contributed by atoms with Gasteiger partial charge in [0.25, 0.3) is 5.91 Å². The van der Waals surface area contributed by atoms with E-state index in [4.69, 9.17) is 9.15 Å². The summed E-state index contributed by atoms with van der Waals surface area (Å²) in [5.41, 5.74) is 1.35. The predicted octanol–water partition coefficient (Wildman–Crippen LogP) is 4.37. The molecule has 0 radical (unpaired) electrons. The van der Waals surface area contributed by atoms with E-state index in [1.165, 1.54) is 0 Å². The van der Waals surface area contributed by atoms with E-state index in [1.807, 2.05) is 0 Å². The molecule has 1 amide bonds. The van der Waals surface area contributed by atoms with Crippen molar-refractivity contribution in [2.45, 2.75) is 55.9 Å². The van der Waals surface area contributed by atoms with E-state index in [9.17, 15) is 13.2 Å². The van der Waals surface area contributed by atoms with Gasteiger partial charge in [-0.05, 0) is 60.9 Å². The first-order valence-electron chi connectivity index (χ1n) is 11.3. The molecule has 33 heavy (non-hydrogen) atoms. The maximum atomic E-state index is 13.4. The van der Waals surface area contributed by atoms with E-state index in [0.717, 1.165) is 23.8 Å². The maximum Gasteiger partial charge on any atom is 0.287 e. The molecule has 3 unspecified atom stereocenters. The van der Waals surface area contributed by atoms with Crippen LogP contribution >= 0.6 is 0 Å². The van der Waals surface area contributed by atoms with Crippen LogP contribution in [0.25, 0.3) is 11.0 Å². The third-order valence-corrected chi connectivity index (χ3v) is 8.89. The Labute approximate surface area is 194 Å². The van der Waals surface area contributed by atoms with Crippen LogP contribution in [0.5, 0.6) is 0 Å². The molecular weight excluding hydrogens is 440 g/mol. The Kier molecular flexibility index (Phi) is 6.86. The van der Waals surface area contributed by atoms with Crippen molar-refractivity contribution in [3.8, 4) is 0 Å². The van der Waals surface area contributed by atoms with Gasteiger partial charge in [-0.2, -0.15) is 0 Å². The van der Waals surface area contributed by atoms with Crippen LogP contribution in [-0.4, -0.2) is 37.8 Å². The molecule has 1 saturated carbocycles. The van der Waals surface area contributed by atoms with E-state index in [-0.39, 0.29) is 24.3 Å². The highest BCUT2D eigenvalue weighted by molar-refractivity contribution is 7.92. The lowest BCUT2D eigenvalue weighted by molar-refractivity contribution is 0.0526. The summed E-state index contributed by atoms with van der Waals surface area (Å²) in [6, 6.07) is 10.2. The molecular formula is C25H30N2O5S. The number of nitrogens with zero attached hydrogens (tertiary/aromatic N) is 1. The number of benzene rings is 1. The lowest BCUT2D eigenvalue weighted by Gasteiger charge is -2.36. The van der Waals surface area contributed by atoms with Crippen molar-refractivity contribution in [3.63, 3.8) is 0 Å². The van der Waals surface area contributed by atoms with Crippen LogP contribution in [0.4, 0.5) is 0 Å². The maximum absolute atomic E-state index is 13.4. The van der Waals surface area contributed by atoms with Gasteiger partial charge in [0.05, 0.1) is 22.4 Å². The lowest BCUT2D eigenvalue weighted by atomic mass is 9.80. The highest BCUT2D eigenvalue weighted by Crippen LogP contribution is 2.37. The average molecular weight is 471 g/mol. The minimum absolute atomic E-state index is 0.208. The Balaban J connectivity index is 1.44. The van der Waals surface area contributed by atoms with Crippen molar-refractivity contribution in [2.24, 2.45) is 11.8 Å². The first kappa shape index (κ1) is 23.4. The number of sulfone groups is 1. The second-order valence-electron chi connectivity index (χ2n) is 9.03. The molecule has 8 heteroatoms. The van der Waals surface area contributed by atoms with Crippen LogP contribution in [0.1, 0.15) is 49.2 Å². The van der Waals surface area contributed by atoms with Gasteiger partial charge < -0.3 is 14.5 Å². The first-order valence-corrected chi connectivity index (χ1v) is 12.8. The van der Waals surface area contributed by atoms with Crippen molar-refractivity contribution in [3.05, 3.63) is 60.1 Å². The molecule has 1 aliphatic rings. The van der Waals surface area contributed by atoms with Crippen molar-refractivity contribution in [1.29, 1.82) is 0 Å². The summed E-state index contributed by atoms with van der Waals surface area (Å²) in [7, 11) is -1.94. The van der Waals surface area contributed by atoms with Gasteiger partial charge in [0.2, 0.25) is 0 Å². The number of pyridine rings is 1. The minimum atomic E-state index is -3.53. The SMILES string of the molecule is COC1CCC(C(C)C)CC1S(=O)(=O)c1ccc(CNC(=O)c2cc3ccncc3o2)cc1. The summed E-state index contributed by atoms with van der Waals surface area (Å²) in [5.74, 6) is 0.682. The number of aromatic nitrogens is 1. The molecule has 3 atom stereocenters. The monoisotopic (exact) mass is 470 g/mol. The molecule has 2 heterocycles. The quantitative estimate of drug-likeness (QED) is 0.551. The number of carbonyl (C=O) groups is 1. The predicted molar refractivity (Wildman–Crippen MR) is 126 cm³/mol. The van der Waals surface area contributed by atoms with Gasteiger partial charge in [-0.25, -0.2) is 8.42 Å². The average Bonchev–Trinajstić information content (AvgIpc) is 3.27. The summed E-state index contributed by atoms with van der Waals surface area (Å²) >= 11 is 0. The molecule has 0 spiro atoms. The highest BCUT2D eigenvalue weighted by Gasteiger charge is 2.40. The standard InChI is InChI=1S/C25H30N2O5S/c1-16(2)18-6-9-21(31-3)24(13-18)33(29,30)20-7-4-17(5-8-20)14-27-25(28)22-12-19-10-11-26-15-23(19)32-22/h4-5,7-8,10-12,15-16,18,21,24H,6,9,13-14H2,1-3H3,(H,27,28). The van der Waals surface area contributed by atoms with Crippen LogP contribution in [0, 0.1) is 11.8 Å². The Morgan fingerprint density at radius 2 is 1.97 bits per heavy atom. The number of carbonyl (C=O) groups excluding carboxylic acids is 1. The first-order chi connectivity index (χ1) is 15.8. The number of rotatable bonds is 7. The van der Waals surface area contributed by atoms with E-state index < -0.39 is 15.1 Å². The number of methoxy groups -OCH3 is 1. The van der Waals surface area contributed by atoms with Crippen LogP contribution in [0.2, 0.25) is 0 Å². The van der Waals surface area contributed by atoms with Gasteiger partial charge in [0.1, 0.15) is 0 Å². The number of furan rings is 1. The van der Waals surface area contributed by atoms with Crippen molar-refractivity contribution >= 4 is 26.7 Å². The van der Waals surface area contributed by atoms with Gasteiger partial charge in [0, 0.05) is 25.2 Å². The van der Waals surface area contributed by atoms with E-state index in [0.29, 0.717) is 28.7 Å². The summed E-state index contributed by atoms with van der Waals surface area (Å²) in [6.45, 7) is 4.55. The molecule has 0 bridgehead atoms. The van der Waals surface area contributed by atoms with Crippen molar-refractivity contribution in [1.82, 2.24) is 10.3 Å².